The highest BCUT2D eigenvalue weighted by molar-refractivity contribution is 6.00. The lowest BCUT2D eigenvalue weighted by Gasteiger charge is -2.24. The Morgan fingerprint density at radius 2 is 1.75 bits per heavy atom. The maximum atomic E-state index is 12.5. The van der Waals surface area contributed by atoms with Gasteiger partial charge in [-0.15, -0.1) is 0 Å². The molecule has 0 aliphatic carbocycles. The standard InChI is InChI=1S/C11H11F6N3/c1-20(5-10(12,13)14)8-3-2-6(11(15,16)17)4-7(8)9(18)19/h2-4H,5H2,1H3,(H3,18,19). The second-order valence-electron chi connectivity index (χ2n) is 4.11. The minimum Gasteiger partial charge on any atom is -0.384 e. The first kappa shape index (κ1) is 16.1. The Hall–Kier alpha value is -1.93. The van der Waals surface area contributed by atoms with Crippen molar-refractivity contribution >= 4 is 11.5 Å². The van der Waals surface area contributed by atoms with Crippen molar-refractivity contribution in [3.8, 4) is 0 Å². The van der Waals surface area contributed by atoms with Crippen molar-refractivity contribution in [1.82, 2.24) is 0 Å². The number of amidine groups is 1. The van der Waals surface area contributed by atoms with E-state index < -0.39 is 35.9 Å². The molecule has 1 aromatic rings. The molecule has 0 radical (unpaired) electrons. The number of nitrogen functional groups attached to an aromatic ring is 1. The van der Waals surface area contributed by atoms with Gasteiger partial charge in [0.05, 0.1) is 5.56 Å². The molecule has 112 valence electrons. The van der Waals surface area contributed by atoms with Crippen LogP contribution in [0.2, 0.25) is 0 Å². The van der Waals surface area contributed by atoms with Crippen molar-refractivity contribution in [2.75, 3.05) is 18.5 Å². The molecule has 0 fully saturated rings. The van der Waals surface area contributed by atoms with Crippen molar-refractivity contribution in [3.05, 3.63) is 29.3 Å². The molecule has 0 saturated carbocycles. The monoisotopic (exact) mass is 299 g/mol. The van der Waals surface area contributed by atoms with Gasteiger partial charge >= 0.3 is 12.4 Å². The molecule has 1 aromatic carbocycles. The third kappa shape index (κ3) is 4.04. The minimum atomic E-state index is -4.66. The van der Waals surface area contributed by atoms with Crippen molar-refractivity contribution in [2.45, 2.75) is 12.4 Å². The first-order valence-electron chi connectivity index (χ1n) is 5.25. The average Bonchev–Trinajstić information content (AvgIpc) is 2.24. The van der Waals surface area contributed by atoms with E-state index in [9.17, 15) is 26.3 Å². The SMILES string of the molecule is CN(CC(F)(F)F)c1ccc(C(F)(F)F)cc1C(=N)N. The van der Waals surface area contributed by atoms with Crippen LogP contribution < -0.4 is 10.6 Å². The molecule has 0 aromatic heterocycles. The van der Waals surface area contributed by atoms with E-state index in [1.54, 1.807) is 0 Å². The van der Waals surface area contributed by atoms with E-state index >= 15 is 0 Å². The van der Waals surface area contributed by atoms with Crippen LogP contribution in [-0.2, 0) is 6.18 Å². The highest BCUT2D eigenvalue weighted by Crippen LogP contribution is 2.33. The lowest BCUT2D eigenvalue weighted by atomic mass is 10.1. The molecule has 0 aliphatic rings. The summed E-state index contributed by atoms with van der Waals surface area (Å²) in [5, 5.41) is 7.20. The molecule has 3 N–H and O–H groups in total. The zero-order valence-electron chi connectivity index (χ0n) is 10.2. The predicted octanol–water partition coefficient (Wildman–Crippen LogP) is 2.99. The predicted molar refractivity (Wildman–Crippen MR) is 61.8 cm³/mol. The Balaban J connectivity index is 3.24. The number of nitrogens with one attached hydrogen (secondary N) is 1. The van der Waals surface area contributed by atoms with Gasteiger partial charge < -0.3 is 10.6 Å². The van der Waals surface area contributed by atoms with Crippen LogP contribution in [0.1, 0.15) is 11.1 Å². The molecule has 0 atom stereocenters. The number of alkyl halides is 6. The molecule has 0 amide bonds. The number of hydrogen-bond acceptors (Lipinski definition) is 2. The molecular formula is C11H11F6N3. The minimum absolute atomic E-state index is 0.192. The number of halogens is 6. The summed E-state index contributed by atoms with van der Waals surface area (Å²) in [4.78, 5) is 0.691. The summed E-state index contributed by atoms with van der Waals surface area (Å²) in [6.45, 7) is -1.36. The normalized spacial score (nSPS) is 12.3. The van der Waals surface area contributed by atoms with Gasteiger partial charge in [-0.1, -0.05) is 0 Å². The highest BCUT2D eigenvalue weighted by Gasteiger charge is 2.33. The Kier molecular flexibility index (Phi) is 4.21. The molecule has 0 saturated heterocycles. The summed E-state index contributed by atoms with van der Waals surface area (Å²) in [5.74, 6) is -0.736. The van der Waals surface area contributed by atoms with Crippen LogP contribution >= 0.6 is 0 Å². The number of nitrogens with two attached hydrogens (primary N) is 1. The summed E-state index contributed by atoms with van der Waals surface area (Å²) in [6, 6.07) is 2.07. The Bertz CT molecular complexity index is 506. The molecule has 0 unspecified atom stereocenters. The second-order valence-corrected chi connectivity index (χ2v) is 4.11. The van der Waals surface area contributed by atoms with Crippen molar-refractivity contribution < 1.29 is 26.3 Å². The summed E-state index contributed by atoms with van der Waals surface area (Å²) < 4.78 is 74.5. The Morgan fingerprint density at radius 3 is 2.15 bits per heavy atom. The number of anilines is 1. The van der Waals surface area contributed by atoms with Crippen LogP contribution in [0, 0.1) is 5.41 Å². The zero-order chi connectivity index (χ0) is 15.7. The van der Waals surface area contributed by atoms with E-state index in [2.05, 4.69) is 0 Å². The fourth-order valence-corrected chi connectivity index (χ4v) is 1.62. The molecule has 3 nitrogen and oxygen atoms in total. The zero-order valence-corrected chi connectivity index (χ0v) is 10.2. The summed E-state index contributed by atoms with van der Waals surface area (Å²) in [6.07, 6.45) is -9.18. The highest BCUT2D eigenvalue weighted by atomic mass is 19.4. The van der Waals surface area contributed by atoms with Gasteiger partial charge in [-0.05, 0) is 18.2 Å². The number of benzene rings is 1. The maximum absolute atomic E-state index is 12.5. The van der Waals surface area contributed by atoms with Gasteiger partial charge in [0.1, 0.15) is 12.4 Å². The van der Waals surface area contributed by atoms with Crippen molar-refractivity contribution in [3.63, 3.8) is 0 Å². The first-order valence-corrected chi connectivity index (χ1v) is 5.25. The van der Waals surface area contributed by atoms with E-state index in [-0.39, 0.29) is 5.69 Å². The maximum Gasteiger partial charge on any atom is 0.416 e. The van der Waals surface area contributed by atoms with Gasteiger partial charge in [0.2, 0.25) is 0 Å². The third-order valence-electron chi connectivity index (χ3n) is 2.44. The molecule has 20 heavy (non-hydrogen) atoms. The molecule has 0 bridgehead atoms. The topological polar surface area (TPSA) is 53.1 Å². The summed E-state index contributed by atoms with van der Waals surface area (Å²) in [7, 11) is 1.06. The summed E-state index contributed by atoms with van der Waals surface area (Å²) in [5.41, 5.74) is 3.47. The van der Waals surface area contributed by atoms with Crippen LogP contribution in [-0.4, -0.2) is 25.6 Å². The smallest absolute Gasteiger partial charge is 0.384 e. The van der Waals surface area contributed by atoms with Crippen molar-refractivity contribution in [2.24, 2.45) is 5.73 Å². The first-order chi connectivity index (χ1) is 8.92. The fraction of sp³-hybridized carbons (Fsp3) is 0.364. The fourth-order valence-electron chi connectivity index (χ4n) is 1.62. The van der Waals surface area contributed by atoms with Crippen LogP contribution in [0.3, 0.4) is 0 Å². The number of rotatable bonds is 3. The van der Waals surface area contributed by atoms with E-state index in [1.807, 2.05) is 0 Å². The largest absolute Gasteiger partial charge is 0.416 e. The Morgan fingerprint density at radius 1 is 1.20 bits per heavy atom. The third-order valence-corrected chi connectivity index (χ3v) is 2.44. The van der Waals surface area contributed by atoms with E-state index in [4.69, 9.17) is 11.1 Å². The molecule has 9 heteroatoms. The van der Waals surface area contributed by atoms with Gasteiger partial charge in [0.25, 0.3) is 0 Å². The van der Waals surface area contributed by atoms with Gasteiger partial charge in [0.15, 0.2) is 0 Å². The van der Waals surface area contributed by atoms with Crippen LogP contribution in [0.25, 0.3) is 0 Å². The van der Waals surface area contributed by atoms with Gasteiger partial charge in [-0.25, -0.2) is 0 Å². The van der Waals surface area contributed by atoms with E-state index in [0.717, 1.165) is 13.1 Å². The second kappa shape index (κ2) is 5.22. The number of hydrogen-bond donors (Lipinski definition) is 2. The van der Waals surface area contributed by atoms with Gasteiger partial charge in [-0.2, -0.15) is 26.3 Å². The lowest BCUT2D eigenvalue weighted by Crippen LogP contribution is -2.32. The van der Waals surface area contributed by atoms with E-state index in [1.165, 1.54) is 0 Å². The summed E-state index contributed by atoms with van der Waals surface area (Å²) >= 11 is 0. The van der Waals surface area contributed by atoms with Gasteiger partial charge in [-0.3, -0.25) is 5.41 Å². The average molecular weight is 299 g/mol. The molecular weight excluding hydrogens is 288 g/mol. The van der Waals surface area contributed by atoms with Crippen LogP contribution in [0.4, 0.5) is 32.0 Å². The van der Waals surface area contributed by atoms with Crippen LogP contribution in [0.5, 0.6) is 0 Å². The number of nitrogens with zero attached hydrogens (tertiary/aromatic N) is 1. The Labute approximate surface area is 110 Å². The quantitative estimate of drug-likeness (QED) is 0.512. The molecule has 1 rings (SSSR count). The van der Waals surface area contributed by atoms with Gasteiger partial charge in [0, 0.05) is 18.3 Å². The lowest BCUT2D eigenvalue weighted by molar-refractivity contribution is -0.137. The van der Waals surface area contributed by atoms with Crippen LogP contribution in [0.15, 0.2) is 18.2 Å². The molecule has 0 aliphatic heterocycles. The molecule has 0 heterocycles. The molecule has 0 spiro atoms. The van der Waals surface area contributed by atoms with Crippen molar-refractivity contribution in [1.29, 1.82) is 5.41 Å². The van der Waals surface area contributed by atoms with E-state index in [0.29, 0.717) is 17.0 Å².